The van der Waals surface area contributed by atoms with Gasteiger partial charge in [-0.25, -0.2) is 0 Å². The molecule has 1 N–H and O–H groups in total. The summed E-state index contributed by atoms with van der Waals surface area (Å²) in [6, 6.07) is 6.06. The SMILES string of the molecule is C[C@H]1CCC[C@]2(C)C[C@H]3OC(=O)[C@@H](C[NH+](C)CCc4ccccn4)[C@H]3C=C12. The summed E-state index contributed by atoms with van der Waals surface area (Å²) < 4.78 is 5.88. The number of ether oxygens (including phenoxy) is 1. The van der Waals surface area contributed by atoms with Gasteiger partial charge in [0, 0.05) is 24.2 Å². The number of hydrogen-bond acceptors (Lipinski definition) is 3. The van der Waals surface area contributed by atoms with E-state index in [1.165, 1.54) is 24.2 Å². The van der Waals surface area contributed by atoms with Crippen LogP contribution in [0.1, 0.15) is 45.2 Å². The quantitative estimate of drug-likeness (QED) is 0.640. The Morgan fingerprint density at radius 1 is 1.37 bits per heavy atom. The molecular weight excluding hydrogens is 336 g/mol. The van der Waals surface area contributed by atoms with Gasteiger partial charge in [0.25, 0.3) is 0 Å². The third kappa shape index (κ3) is 3.69. The molecule has 27 heavy (non-hydrogen) atoms. The highest BCUT2D eigenvalue weighted by molar-refractivity contribution is 5.76. The van der Waals surface area contributed by atoms with E-state index in [1.54, 1.807) is 5.57 Å². The van der Waals surface area contributed by atoms with Crippen LogP contribution in [-0.2, 0) is 16.0 Å². The maximum absolute atomic E-state index is 12.7. The molecular formula is C23H33N2O2+. The number of esters is 1. The third-order valence-corrected chi connectivity index (χ3v) is 7.18. The Bertz CT molecular complexity index is 716. The van der Waals surface area contributed by atoms with Gasteiger partial charge in [-0.2, -0.15) is 0 Å². The third-order valence-electron chi connectivity index (χ3n) is 7.18. The van der Waals surface area contributed by atoms with Gasteiger partial charge in [-0.3, -0.25) is 9.78 Å². The Balaban J connectivity index is 1.44. The fourth-order valence-corrected chi connectivity index (χ4v) is 5.65. The standard InChI is InChI=1S/C23H32N2O2/c1-16-7-6-10-23(2)14-21-18(13-20(16)23)19(22(26)27-21)15-25(3)12-9-17-8-4-5-11-24-17/h4-5,8,11,13,16,18-19,21H,6-7,9-10,12,14-15H2,1-3H3/p+1/t16-,18+,19-,21+,23+/m0/s1. The number of aromatic nitrogens is 1. The minimum Gasteiger partial charge on any atom is -0.461 e. The van der Waals surface area contributed by atoms with Crippen molar-refractivity contribution >= 4 is 5.97 Å². The molecule has 0 spiro atoms. The van der Waals surface area contributed by atoms with Gasteiger partial charge in [0.1, 0.15) is 12.0 Å². The summed E-state index contributed by atoms with van der Waals surface area (Å²) in [5, 5.41) is 0. The molecule has 6 atom stereocenters. The van der Waals surface area contributed by atoms with Crippen LogP contribution in [0.15, 0.2) is 36.0 Å². The van der Waals surface area contributed by atoms with Gasteiger partial charge in [-0.1, -0.05) is 38.0 Å². The van der Waals surface area contributed by atoms with Crippen molar-refractivity contribution < 1.29 is 14.4 Å². The van der Waals surface area contributed by atoms with Crippen molar-refractivity contribution in [2.24, 2.45) is 23.2 Å². The van der Waals surface area contributed by atoms with E-state index < -0.39 is 0 Å². The zero-order valence-electron chi connectivity index (χ0n) is 16.9. The Morgan fingerprint density at radius 2 is 2.22 bits per heavy atom. The second-order valence-electron chi connectivity index (χ2n) is 9.32. The first-order valence-electron chi connectivity index (χ1n) is 10.6. The maximum atomic E-state index is 12.7. The van der Waals surface area contributed by atoms with Crippen molar-refractivity contribution in [1.82, 2.24) is 4.98 Å². The van der Waals surface area contributed by atoms with Crippen LogP contribution in [0.25, 0.3) is 0 Å². The number of nitrogens with zero attached hydrogens (tertiary/aromatic N) is 1. The highest BCUT2D eigenvalue weighted by Crippen LogP contribution is 2.53. The molecule has 3 aliphatic rings. The number of fused-ring (bicyclic) bond motifs is 2. The zero-order chi connectivity index (χ0) is 19.0. The summed E-state index contributed by atoms with van der Waals surface area (Å²) in [6.07, 6.45) is 10.2. The van der Waals surface area contributed by atoms with Gasteiger partial charge in [-0.15, -0.1) is 0 Å². The Hall–Kier alpha value is -1.68. The first-order valence-corrected chi connectivity index (χ1v) is 10.6. The predicted molar refractivity (Wildman–Crippen MR) is 105 cm³/mol. The van der Waals surface area contributed by atoms with Gasteiger partial charge < -0.3 is 9.64 Å². The van der Waals surface area contributed by atoms with Crippen molar-refractivity contribution in [3.63, 3.8) is 0 Å². The molecule has 2 fully saturated rings. The summed E-state index contributed by atoms with van der Waals surface area (Å²) >= 11 is 0. The second-order valence-corrected chi connectivity index (χ2v) is 9.32. The van der Waals surface area contributed by atoms with E-state index in [2.05, 4.69) is 38.0 Å². The number of hydrogen-bond donors (Lipinski definition) is 1. The van der Waals surface area contributed by atoms with Gasteiger partial charge >= 0.3 is 5.97 Å². The number of carbonyl (C=O) groups excluding carboxylic acids is 1. The van der Waals surface area contributed by atoms with E-state index >= 15 is 0 Å². The monoisotopic (exact) mass is 369 g/mol. The molecule has 0 aromatic carbocycles. The number of rotatable bonds is 5. The average Bonchev–Trinajstić information content (AvgIpc) is 2.93. The van der Waals surface area contributed by atoms with Crippen molar-refractivity contribution in [2.75, 3.05) is 20.1 Å². The lowest BCUT2D eigenvalue weighted by Gasteiger charge is -2.46. The first kappa shape index (κ1) is 18.7. The molecule has 0 bridgehead atoms. The molecule has 1 saturated carbocycles. The lowest BCUT2D eigenvalue weighted by Crippen LogP contribution is -3.10. The number of allylic oxidation sites excluding steroid dienone is 1. The Kier molecular flexibility index (Phi) is 5.11. The normalized spacial score (nSPS) is 36.4. The molecule has 0 amide bonds. The number of likely N-dealkylation sites (N-methyl/N-ethyl adjacent to an activating group) is 1. The molecule has 1 aliphatic heterocycles. The topological polar surface area (TPSA) is 43.6 Å². The minimum absolute atomic E-state index is 0.00455. The summed E-state index contributed by atoms with van der Waals surface area (Å²) in [6.45, 7) is 6.58. The number of quaternary nitrogens is 1. The molecule has 4 rings (SSSR count). The average molecular weight is 370 g/mol. The summed E-state index contributed by atoms with van der Waals surface area (Å²) in [7, 11) is 2.19. The Labute approximate surface area is 163 Å². The number of carbonyl (C=O) groups is 1. The highest BCUT2D eigenvalue weighted by atomic mass is 16.6. The van der Waals surface area contributed by atoms with E-state index in [9.17, 15) is 4.79 Å². The fourth-order valence-electron chi connectivity index (χ4n) is 5.65. The molecule has 0 radical (unpaired) electrons. The summed E-state index contributed by atoms with van der Waals surface area (Å²) in [4.78, 5) is 18.5. The van der Waals surface area contributed by atoms with E-state index in [1.807, 2.05) is 18.3 Å². The summed E-state index contributed by atoms with van der Waals surface area (Å²) in [5.74, 6) is 0.944. The summed E-state index contributed by atoms with van der Waals surface area (Å²) in [5.41, 5.74) is 2.96. The second kappa shape index (κ2) is 7.38. The van der Waals surface area contributed by atoms with Crippen LogP contribution in [0.4, 0.5) is 0 Å². The van der Waals surface area contributed by atoms with Crippen molar-refractivity contribution in [1.29, 1.82) is 0 Å². The molecule has 1 unspecified atom stereocenters. The van der Waals surface area contributed by atoms with E-state index in [4.69, 9.17) is 4.74 Å². The van der Waals surface area contributed by atoms with Crippen LogP contribution < -0.4 is 4.90 Å². The lowest BCUT2D eigenvalue weighted by atomic mass is 9.59. The van der Waals surface area contributed by atoms with Crippen LogP contribution in [-0.4, -0.2) is 37.2 Å². The van der Waals surface area contributed by atoms with Crippen molar-refractivity contribution in [3.05, 3.63) is 41.7 Å². The highest BCUT2D eigenvalue weighted by Gasteiger charge is 2.52. The molecule has 2 heterocycles. The fraction of sp³-hybridized carbons (Fsp3) is 0.652. The van der Waals surface area contributed by atoms with Gasteiger partial charge in [0.05, 0.1) is 20.1 Å². The molecule has 2 aliphatic carbocycles. The lowest BCUT2D eigenvalue weighted by molar-refractivity contribution is -0.882. The molecule has 1 aromatic heterocycles. The maximum Gasteiger partial charge on any atom is 0.315 e. The number of nitrogens with one attached hydrogen (secondary N) is 1. The van der Waals surface area contributed by atoms with Crippen LogP contribution in [0, 0.1) is 23.2 Å². The van der Waals surface area contributed by atoms with Crippen LogP contribution in [0.2, 0.25) is 0 Å². The van der Waals surface area contributed by atoms with Crippen LogP contribution in [0.5, 0.6) is 0 Å². The van der Waals surface area contributed by atoms with E-state index in [0.29, 0.717) is 5.92 Å². The smallest absolute Gasteiger partial charge is 0.315 e. The molecule has 1 saturated heterocycles. The minimum atomic E-state index is 0.00455. The van der Waals surface area contributed by atoms with Gasteiger partial charge in [-0.05, 0) is 42.7 Å². The molecule has 4 heteroatoms. The van der Waals surface area contributed by atoms with Crippen molar-refractivity contribution in [2.45, 2.75) is 52.1 Å². The van der Waals surface area contributed by atoms with Gasteiger partial charge in [0.15, 0.2) is 0 Å². The largest absolute Gasteiger partial charge is 0.461 e. The van der Waals surface area contributed by atoms with Crippen LogP contribution in [0.3, 0.4) is 0 Å². The molecule has 4 nitrogen and oxygen atoms in total. The zero-order valence-corrected chi connectivity index (χ0v) is 16.9. The van der Waals surface area contributed by atoms with E-state index in [-0.39, 0.29) is 29.3 Å². The number of pyridine rings is 1. The predicted octanol–water partition coefficient (Wildman–Crippen LogP) is 2.45. The molecule has 146 valence electrons. The van der Waals surface area contributed by atoms with Crippen LogP contribution >= 0.6 is 0 Å². The first-order chi connectivity index (χ1) is 13.0. The van der Waals surface area contributed by atoms with Crippen molar-refractivity contribution in [3.8, 4) is 0 Å². The van der Waals surface area contributed by atoms with E-state index in [0.717, 1.165) is 31.6 Å². The molecule has 1 aromatic rings. The Morgan fingerprint density at radius 3 is 3.00 bits per heavy atom. The van der Waals surface area contributed by atoms with Gasteiger partial charge in [0.2, 0.25) is 0 Å².